The number of unbranched alkanes of at least 4 members (excludes halogenated alkanes) is 2. The van der Waals surface area contributed by atoms with Gasteiger partial charge in [0.25, 0.3) is 0 Å². The minimum absolute atomic E-state index is 0.170. The molecule has 0 amide bonds. The van der Waals surface area contributed by atoms with E-state index >= 15 is 0 Å². The summed E-state index contributed by atoms with van der Waals surface area (Å²) >= 11 is 0. The fraction of sp³-hybridized carbons (Fsp3) is 1.00. The van der Waals surface area contributed by atoms with Crippen molar-refractivity contribution in [3.8, 4) is 0 Å². The van der Waals surface area contributed by atoms with E-state index in [4.69, 9.17) is 14.9 Å². The fourth-order valence-electron chi connectivity index (χ4n) is 1.01. The van der Waals surface area contributed by atoms with Gasteiger partial charge < -0.3 is 20.3 Å². The Labute approximate surface area is 79.9 Å². The van der Waals surface area contributed by atoms with E-state index in [0.29, 0.717) is 6.54 Å². The molecule has 0 radical (unpaired) electrons. The number of ether oxygens (including phenoxy) is 1. The zero-order valence-corrected chi connectivity index (χ0v) is 8.33. The van der Waals surface area contributed by atoms with Gasteiger partial charge >= 0.3 is 0 Å². The van der Waals surface area contributed by atoms with Crippen LogP contribution >= 0.6 is 0 Å². The monoisotopic (exact) mass is 191 g/mol. The Morgan fingerprint density at radius 2 is 2.08 bits per heavy atom. The Morgan fingerprint density at radius 1 is 1.31 bits per heavy atom. The first-order chi connectivity index (χ1) is 6.31. The van der Waals surface area contributed by atoms with Gasteiger partial charge in [0.1, 0.15) is 0 Å². The predicted octanol–water partition coefficient (Wildman–Crippen LogP) is -0.254. The first-order valence-electron chi connectivity index (χ1n) is 4.79. The maximum atomic E-state index is 8.97. The minimum Gasteiger partial charge on any atom is -0.394 e. The summed E-state index contributed by atoms with van der Waals surface area (Å²) in [7, 11) is 1.70. The van der Waals surface area contributed by atoms with Crippen molar-refractivity contribution in [3.05, 3.63) is 0 Å². The lowest BCUT2D eigenvalue weighted by atomic mass is 10.2. The van der Waals surface area contributed by atoms with E-state index in [1.54, 1.807) is 7.11 Å². The Morgan fingerprint density at radius 3 is 2.69 bits per heavy atom. The van der Waals surface area contributed by atoms with Crippen LogP contribution in [0.1, 0.15) is 19.3 Å². The molecule has 0 aromatic heterocycles. The molecule has 0 unspecified atom stereocenters. The van der Waals surface area contributed by atoms with Crippen molar-refractivity contribution in [2.24, 2.45) is 0 Å². The van der Waals surface area contributed by atoms with Gasteiger partial charge in [0.2, 0.25) is 0 Å². The van der Waals surface area contributed by atoms with Crippen LogP contribution in [0.5, 0.6) is 0 Å². The third kappa shape index (κ3) is 9.76. The quantitative estimate of drug-likeness (QED) is 0.440. The number of hydrogen-bond acceptors (Lipinski definition) is 4. The third-order valence-corrected chi connectivity index (χ3v) is 1.79. The van der Waals surface area contributed by atoms with Gasteiger partial charge in [-0.15, -0.1) is 0 Å². The average molecular weight is 191 g/mol. The lowest BCUT2D eigenvalue weighted by molar-refractivity contribution is 0.0944. The Balaban J connectivity index is 2.91. The SMILES string of the molecule is COCCCCCNC[C@H](O)CO. The highest BCUT2D eigenvalue weighted by atomic mass is 16.5. The molecule has 0 saturated heterocycles. The van der Waals surface area contributed by atoms with Crippen molar-refractivity contribution in [3.63, 3.8) is 0 Å². The topological polar surface area (TPSA) is 61.7 Å². The van der Waals surface area contributed by atoms with Gasteiger partial charge in [-0.3, -0.25) is 0 Å². The molecule has 0 saturated carbocycles. The number of aliphatic hydroxyl groups is 2. The normalized spacial score (nSPS) is 13.2. The number of rotatable bonds is 9. The van der Waals surface area contributed by atoms with E-state index in [1.807, 2.05) is 0 Å². The molecule has 0 aromatic rings. The van der Waals surface area contributed by atoms with Crippen molar-refractivity contribution >= 4 is 0 Å². The second kappa shape index (κ2) is 9.92. The van der Waals surface area contributed by atoms with Crippen LogP contribution in [0.4, 0.5) is 0 Å². The van der Waals surface area contributed by atoms with Gasteiger partial charge in [-0.25, -0.2) is 0 Å². The predicted molar refractivity (Wildman–Crippen MR) is 51.7 cm³/mol. The Kier molecular flexibility index (Phi) is 9.80. The van der Waals surface area contributed by atoms with Crippen molar-refractivity contribution < 1.29 is 14.9 Å². The second-order valence-electron chi connectivity index (χ2n) is 3.09. The fourth-order valence-corrected chi connectivity index (χ4v) is 1.01. The number of methoxy groups -OCH3 is 1. The highest BCUT2D eigenvalue weighted by Crippen LogP contribution is 1.93. The summed E-state index contributed by atoms with van der Waals surface area (Å²) in [6.07, 6.45) is 2.68. The molecule has 0 bridgehead atoms. The summed E-state index contributed by atoms with van der Waals surface area (Å²) in [5.41, 5.74) is 0. The number of hydrogen-bond donors (Lipinski definition) is 3. The van der Waals surface area contributed by atoms with E-state index in [0.717, 1.165) is 32.4 Å². The molecular formula is C9H21NO3. The van der Waals surface area contributed by atoms with Crippen LogP contribution in [-0.4, -0.2) is 49.7 Å². The summed E-state index contributed by atoms with van der Waals surface area (Å²) in [4.78, 5) is 0. The van der Waals surface area contributed by atoms with Crippen molar-refractivity contribution in [1.82, 2.24) is 5.32 Å². The molecular weight excluding hydrogens is 170 g/mol. The van der Waals surface area contributed by atoms with Crippen molar-refractivity contribution in [2.75, 3.05) is 33.4 Å². The van der Waals surface area contributed by atoms with E-state index in [2.05, 4.69) is 5.32 Å². The molecule has 13 heavy (non-hydrogen) atoms. The molecule has 4 heteroatoms. The lowest BCUT2D eigenvalue weighted by Crippen LogP contribution is -2.29. The van der Waals surface area contributed by atoms with Crippen LogP contribution in [0.2, 0.25) is 0 Å². The van der Waals surface area contributed by atoms with Crippen LogP contribution in [0.15, 0.2) is 0 Å². The van der Waals surface area contributed by atoms with E-state index in [9.17, 15) is 0 Å². The van der Waals surface area contributed by atoms with Gasteiger partial charge in [-0.2, -0.15) is 0 Å². The first-order valence-corrected chi connectivity index (χ1v) is 4.79. The average Bonchev–Trinajstić information content (AvgIpc) is 2.16. The highest BCUT2D eigenvalue weighted by molar-refractivity contribution is 4.56. The molecule has 0 aliphatic rings. The minimum atomic E-state index is -0.626. The summed E-state index contributed by atoms with van der Waals surface area (Å²) in [5.74, 6) is 0. The molecule has 0 fully saturated rings. The second-order valence-corrected chi connectivity index (χ2v) is 3.09. The molecule has 0 rings (SSSR count). The maximum absolute atomic E-state index is 8.97. The van der Waals surface area contributed by atoms with Crippen molar-refractivity contribution in [2.45, 2.75) is 25.4 Å². The molecule has 0 heterocycles. The summed E-state index contributed by atoms with van der Waals surface area (Å²) in [6.45, 7) is 2.01. The molecule has 0 aliphatic carbocycles. The number of aliphatic hydroxyl groups excluding tert-OH is 2. The van der Waals surface area contributed by atoms with E-state index in [1.165, 1.54) is 0 Å². The molecule has 0 aromatic carbocycles. The standard InChI is InChI=1S/C9H21NO3/c1-13-6-4-2-3-5-10-7-9(12)8-11/h9-12H,2-8H2,1H3/t9-/m0/s1. The van der Waals surface area contributed by atoms with Crippen LogP contribution in [-0.2, 0) is 4.74 Å². The van der Waals surface area contributed by atoms with Crippen LogP contribution in [0.25, 0.3) is 0 Å². The Bertz CT molecular complexity index is 101. The van der Waals surface area contributed by atoms with Crippen LogP contribution in [0.3, 0.4) is 0 Å². The zero-order chi connectivity index (χ0) is 9.94. The highest BCUT2D eigenvalue weighted by Gasteiger charge is 1.99. The smallest absolute Gasteiger partial charge is 0.0894 e. The Hall–Kier alpha value is -0.160. The maximum Gasteiger partial charge on any atom is 0.0894 e. The van der Waals surface area contributed by atoms with E-state index in [-0.39, 0.29) is 6.61 Å². The van der Waals surface area contributed by atoms with Gasteiger partial charge in [-0.05, 0) is 25.8 Å². The summed E-state index contributed by atoms with van der Waals surface area (Å²) < 4.78 is 4.91. The van der Waals surface area contributed by atoms with Gasteiger partial charge in [-0.1, -0.05) is 0 Å². The van der Waals surface area contributed by atoms with Crippen molar-refractivity contribution in [1.29, 1.82) is 0 Å². The zero-order valence-electron chi connectivity index (χ0n) is 8.33. The van der Waals surface area contributed by atoms with Gasteiger partial charge in [0.15, 0.2) is 0 Å². The molecule has 80 valence electrons. The van der Waals surface area contributed by atoms with E-state index < -0.39 is 6.10 Å². The largest absolute Gasteiger partial charge is 0.394 e. The summed E-state index contributed by atoms with van der Waals surface area (Å²) in [5, 5.41) is 20.5. The third-order valence-electron chi connectivity index (χ3n) is 1.79. The lowest BCUT2D eigenvalue weighted by Gasteiger charge is -2.08. The summed E-state index contributed by atoms with van der Waals surface area (Å²) in [6, 6.07) is 0. The molecule has 4 nitrogen and oxygen atoms in total. The van der Waals surface area contributed by atoms with Gasteiger partial charge in [0, 0.05) is 20.3 Å². The number of nitrogens with one attached hydrogen (secondary N) is 1. The molecule has 0 spiro atoms. The first kappa shape index (κ1) is 12.8. The van der Waals surface area contributed by atoms with Crippen LogP contribution in [0, 0.1) is 0 Å². The van der Waals surface area contributed by atoms with Gasteiger partial charge in [0.05, 0.1) is 12.7 Å². The van der Waals surface area contributed by atoms with Crippen LogP contribution < -0.4 is 5.32 Å². The molecule has 0 aliphatic heterocycles. The molecule has 1 atom stereocenters. The molecule has 3 N–H and O–H groups in total.